The van der Waals surface area contributed by atoms with Gasteiger partial charge in [-0.25, -0.2) is 0 Å². The van der Waals surface area contributed by atoms with Gasteiger partial charge in [-0.1, -0.05) is 6.08 Å². The molecule has 1 atom stereocenters. The summed E-state index contributed by atoms with van der Waals surface area (Å²) in [6.07, 6.45) is 12.7. The lowest BCUT2D eigenvalue weighted by molar-refractivity contribution is 0.180. The van der Waals surface area contributed by atoms with E-state index in [4.69, 9.17) is 14.2 Å². The van der Waals surface area contributed by atoms with Crippen LogP contribution in [0.3, 0.4) is 0 Å². The first-order valence-corrected chi connectivity index (χ1v) is 5.49. The van der Waals surface area contributed by atoms with Crippen molar-refractivity contribution in [2.75, 3.05) is 13.2 Å². The fourth-order valence-electron chi connectivity index (χ4n) is 1.61. The highest BCUT2D eigenvalue weighted by atomic mass is 16.6. The van der Waals surface area contributed by atoms with Gasteiger partial charge in [0, 0.05) is 18.9 Å². The lowest BCUT2D eigenvalue weighted by Gasteiger charge is -2.05. The lowest BCUT2D eigenvalue weighted by Crippen LogP contribution is -1.99. The number of rotatable bonds is 5. The molecule has 0 amide bonds. The molecule has 1 saturated heterocycles. The van der Waals surface area contributed by atoms with E-state index in [9.17, 15) is 0 Å². The van der Waals surface area contributed by atoms with Gasteiger partial charge in [-0.05, 0) is 18.2 Å². The van der Waals surface area contributed by atoms with Crippen LogP contribution in [0.25, 0.3) is 0 Å². The molecule has 16 heavy (non-hydrogen) atoms. The third-order valence-corrected chi connectivity index (χ3v) is 2.58. The molecule has 3 nitrogen and oxygen atoms in total. The first-order valence-electron chi connectivity index (χ1n) is 5.49. The Morgan fingerprint density at radius 1 is 1.44 bits per heavy atom. The fraction of sp³-hybridized carbons (Fsp3) is 0.385. The minimum absolute atomic E-state index is 0.308. The van der Waals surface area contributed by atoms with Crippen molar-refractivity contribution in [2.24, 2.45) is 0 Å². The molecule has 3 aliphatic rings. The van der Waals surface area contributed by atoms with Crippen molar-refractivity contribution in [3.63, 3.8) is 0 Å². The third-order valence-electron chi connectivity index (χ3n) is 2.58. The van der Waals surface area contributed by atoms with Crippen LogP contribution in [0, 0.1) is 6.08 Å². The van der Waals surface area contributed by atoms with Crippen LogP contribution in [0.1, 0.15) is 12.8 Å². The zero-order chi connectivity index (χ0) is 10.8. The maximum absolute atomic E-state index is 5.67. The van der Waals surface area contributed by atoms with E-state index in [0.29, 0.717) is 12.7 Å². The highest BCUT2D eigenvalue weighted by Crippen LogP contribution is 2.24. The van der Waals surface area contributed by atoms with Gasteiger partial charge in [0.15, 0.2) is 0 Å². The molecule has 0 saturated carbocycles. The smallest absolute Gasteiger partial charge is 0.126 e. The molecular formula is C13H13O3. The summed E-state index contributed by atoms with van der Waals surface area (Å²) < 4.78 is 16.3. The van der Waals surface area contributed by atoms with Crippen LogP contribution in [0.2, 0.25) is 0 Å². The van der Waals surface area contributed by atoms with E-state index in [-0.39, 0.29) is 0 Å². The largest absolute Gasteiger partial charge is 0.495 e. The van der Waals surface area contributed by atoms with Crippen LogP contribution in [0.4, 0.5) is 0 Å². The fourth-order valence-corrected chi connectivity index (χ4v) is 1.61. The molecule has 1 unspecified atom stereocenters. The Labute approximate surface area is 94.7 Å². The van der Waals surface area contributed by atoms with Gasteiger partial charge < -0.3 is 14.2 Å². The number of hydrogen-bond acceptors (Lipinski definition) is 3. The minimum atomic E-state index is 0.308. The highest BCUT2D eigenvalue weighted by Gasteiger charge is 2.24. The first-order chi connectivity index (χ1) is 7.90. The summed E-state index contributed by atoms with van der Waals surface area (Å²) in [5.41, 5.74) is 0. The van der Waals surface area contributed by atoms with Gasteiger partial charge >= 0.3 is 0 Å². The Balaban J connectivity index is 1.48. The molecule has 0 N–H and O–H groups in total. The van der Waals surface area contributed by atoms with Gasteiger partial charge in [0.1, 0.15) is 30.0 Å². The zero-order valence-corrected chi connectivity index (χ0v) is 8.94. The monoisotopic (exact) mass is 217 g/mol. The zero-order valence-electron chi connectivity index (χ0n) is 8.94. The molecule has 83 valence electrons. The molecule has 3 rings (SSSR count). The molecule has 1 heterocycles. The average Bonchev–Trinajstić information content (AvgIpc) is 2.78. The maximum atomic E-state index is 5.67. The topological polar surface area (TPSA) is 31.0 Å². The first kappa shape index (κ1) is 9.73. The van der Waals surface area contributed by atoms with Gasteiger partial charge in [0.2, 0.25) is 0 Å². The summed E-state index contributed by atoms with van der Waals surface area (Å²) >= 11 is 0. The van der Waals surface area contributed by atoms with E-state index in [1.807, 2.05) is 24.3 Å². The second-order valence-electron chi connectivity index (χ2n) is 3.97. The van der Waals surface area contributed by atoms with Gasteiger partial charge in [-0.2, -0.15) is 0 Å². The van der Waals surface area contributed by atoms with Crippen LogP contribution in [-0.2, 0) is 14.2 Å². The van der Waals surface area contributed by atoms with E-state index in [0.717, 1.165) is 36.7 Å². The van der Waals surface area contributed by atoms with Gasteiger partial charge in [0.25, 0.3) is 0 Å². The van der Waals surface area contributed by atoms with Gasteiger partial charge in [-0.15, -0.1) is 0 Å². The van der Waals surface area contributed by atoms with E-state index in [1.54, 1.807) is 0 Å². The lowest BCUT2D eigenvalue weighted by atomic mass is 10.4. The average molecular weight is 217 g/mol. The Kier molecular flexibility index (Phi) is 2.54. The Bertz CT molecular complexity index is 397. The molecule has 0 aromatic heterocycles. The third kappa shape index (κ3) is 2.36. The van der Waals surface area contributed by atoms with E-state index < -0.39 is 0 Å². The van der Waals surface area contributed by atoms with E-state index in [1.165, 1.54) is 0 Å². The second kappa shape index (κ2) is 4.18. The Morgan fingerprint density at radius 2 is 2.38 bits per heavy atom. The highest BCUT2D eigenvalue weighted by molar-refractivity contribution is 5.28. The summed E-state index contributed by atoms with van der Waals surface area (Å²) in [7, 11) is 0. The summed E-state index contributed by atoms with van der Waals surface area (Å²) in [6, 6.07) is 0. The molecule has 3 heteroatoms. The molecule has 2 aliphatic carbocycles. The molecule has 1 fully saturated rings. The predicted octanol–water partition coefficient (Wildman–Crippen LogP) is 2.24. The van der Waals surface area contributed by atoms with Crippen molar-refractivity contribution >= 4 is 0 Å². The van der Waals surface area contributed by atoms with Gasteiger partial charge in [0.05, 0.1) is 6.61 Å². The van der Waals surface area contributed by atoms with E-state index in [2.05, 4.69) is 6.08 Å². The minimum Gasteiger partial charge on any atom is -0.495 e. The molecule has 1 aliphatic heterocycles. The summed E-state index contributed by atoms with van der Waals surface area (Å²) in [5, 5.41) is 0. The quantitative estimate of drug-likeness (QED) is 0.662. The molecule has 0 bridgehead atoms. The standard InChI is InChI=1S/C13H13O3/c1-2-4-10(3-1)16-12-6-5-11(7-12)14-8-13-9-15-13/h1,3,6-7,13H,4-5,8-9H2. The number of ether oxygens (including phenoxy) is 3. The second-order valence-corrected chi connectivity index (χ2v) is 3.97. The van der Waals surface area contributed by atoms with Crippen LogP contribution in [0.5, 0.6) is 0 Å². The van der Waals surface area contributed by atoms with Crippen LogP contribution in [0.15, 0.2) is 41.6 Å². The van der Waals surface area contributed by atoms with Crippen molar-refractivity contribution in [1.82, 2.24) is 0 Å². The summed E-state index contributed by atoms with van der Waals surface area (Å²) in [5.74, 6) is 2.77. The Morgan fingerprint density at radius 3 is 3.12 bits per heavy atom. The summed E-state index contributed by atoms with van der Waals surface area (Å²) in [4.78, 5) is 0. The van der Waals surface area contributed by atoms with Crippen LogP contribution < -0.4 is 0 Å². The van der Waals surface area contributed by atoms with Crippen molar-refractivity contribution in [3.8, 4) is 0 Å². The van der Waals surface area contributed by atoms with Gasteiger partial charge in [-0.3, -0.25) is 0 Å². The van der Waals surface area contributed by atoms with Crippen LogP contribution >= 0.6 is 0 Å². The van der Waals surface area contributed by atoms with Crippen molar-refractivity contribution in [1.29, 1.82) is 0 Å². The molecular weight excluding hydrogens is 204 g/mol. The van der Waals surface area contributed by atoms with Crippen molar-refractivity contribution in [2.45, 2.75) is 18.9 Å². The Hall–Kier alpha value is -1.48. The normalized spacial score (nSPS) is 26.2. The molecule has 0 aromatic rings. The molecule has 0 aromatic carbocycles. The summed E-state index contributed by atoms with van der Waals surface area (Å²) in [6.45, 7) is 1.49. The van der Waals surface area contributed by atoms with Crippen LogP contribution in [-0.4, -0.2) is 19.3 Å². The number of hydrogen-bond donors (Lipinski definition) is 0. The predicted molar refractivity (Wildman–Crippen MR) is 58.1 cm³/mol. The SMILES string of the molecule is [C]1=CC=C(OC2=CCC(OCC3CO3)=C2)C1. The number of allylic oxidation sites excluding steroid dienone is 5. The van der Waals surface area contributed by atoms with Crippen molar-refractivity contribution in [3.05, 3.63) is 47.7 Å². The maximum Gasteiger partial charge on any atom is 0.126 e. The number of epoxide rings is 1. The van der Waals surface area contributed by atoms with E-state index >= 15 is 0 Å². The van der Waals surface area contributed by atoms with Crippen molar-refractivity contribution < 1.29 is 14.2 Å². The molecule has 0 spiro atoms. The molecule has 1 radical (unpaired) electrons.